The topological polar surface area (TPSA) is 183 Å². The lowest BCUT2D eigenvalue weighted by molar-refractivity contribution is -0.192. The average molecular weight is 939 g/mol. The third-order valence-electron chi connectivity index (χ3n) is 11.1. The Kier molecular flexibility index (Phi) is 18.6. The van der Waals surface area contributed by atoms with E-state index in [-0.39, 0.29) is 35.7 Å². The van der Waals surface area contributed by atoms with Gasteiger partial charge in [0.2, 0.25) is 5.91 Å². The first kappa shape index (κ1) is 50.5. The second-order valence-corrected chi connectivity index (χ2v) is 17.5. The van der Waals surface area contributed by atoms with Gasteiger partial charge in [-0.15, -0.1) is 11.3 Å². The number of hydrogen-bond donors (Lipinski definition) is 4. The number of carbonyl (C=O) groups excluding carboxylic acids is 3. The maximum absolute atomic E-state index is 13.3. The molecule has 4 heterocycles. The van der Waals surface area contributed by atoms with Crippen LogP contribution in [-0.4, -0.2) is 144 Å². The summed E-state index contributed by atoms with van der Waals surface area (Å²) < 4.78 is 49.6. The Morgan fingerprint density at radius 3 is 2.48 bits per heavy atom. The molecule has 6 rings (SSSR count). The maximum Gasteiger partial charge on any atom is 0.490 e. The third-order valence-corrected chi connectivity index (χ3v) is 12.7. The highest BCUT2D eigenvalue weighted by atomic mass is 35.5. The van der Waals surface area contributed by atoms with E-state index in [1.807, 2.05) is 27.3 Å². The number of anilines is 1. The summed E-state index contributed by atoms with van der Waals surface area (Å²) in [6.07, 6.45) is -0.906. The van der Waals surface area contributed by atoms with Gasteiger partial charge in [-0.3, -0.25) is 19.3 Å². The number of rotatable bonds is 18. The number of carboxylic acids is 1. The van der Waals surface area contributed by atoms with Crippen molar-refractivity contribution in [1.82, 2.24) is 25.0 Å². The second-order valence-electron chi connectivity index (χ2n) is 16.2. The molecular formula is C44H58ClF3N6O9S. The molecule has 2 fully saturated rings. The highest BCUT2D eigenvalue weighted by molar-refractivity contribution is 7.09. The van der Waals surface area contributed by atoms with E-state index in [2.05, 4.69) is 47.4 Å². The third kappa shape index (κ3) is 14.2. The fraction of sp³-hybridized carbons (Fsp3) is 0.568. The molecule has 0 saturated carbocycles. The molecule has 2 saturated heterocycles. The number of piperidine rings is 1. The molecule has 3 aliphatic rings. The van der Waals surface area contributed by atoms with Gasteiger partial charge in [-0.2, -0.15) is 13.2 Å². The monoisotopic (exact) mass is 938 g/mol. The summed E-state index contributed by atoms with van der Waals surface area (Å²) in [5, 5.41) is 26.9. The summed E-state index contributed by atoms with van der Waals surface area (Å²) in [5.41, 5.74) is 3.54. The van der Waals surface area contributed by atoms with E-state index < -0.39 is 12.1 Å². The molecule has 15 nitrogen and oxygen atoms in total. The number of aromatic hydroxyl groups is 1. The van der Waals surface area contributed by atoms with E-state index in [1.165, 1.54) is 0 Å². The number of aliphatic carboxylic acids is 1. The molecular weight excluding hydrogens is 881 g/mol. The van der Waals surface area contributed by atoms with Crippen molar-refractivity contribution in [3.05, 3.63) is 68.1 Å². The number of alkyl halides is 3. The first-order chi connectivity index (χ1) is 30.5. The van der Waals surface area contributed by atoms with Crippen LogP contribution in [0, 0.1) is 0 Å². The zero-order valence-electron chi connectivity index (χ0n) is 36.4. The van der Waals surface area contributed by atoms with Crippen LogP contribution in [0.2, 0.25) is 5.02 Å². The first-order valence-electron chi connectivity index (χ1n) is 21.5. The molecule has 2 aromatic carbocycles. The number of benzene rings is 2. The van der Waals surface area contributed by atoms with Crippen LogP contribution in [-0.2, 0) is 43.2 Å². The number of ether oxygens (including phenoxy) is 3. The van der Waals surface area contributed by atoms with Crippen molar-refractivity contribution in [2.75, 3.05) is 84.1 Å². The van der Waals surface area contributed by atoms with Crippen molar-refractivity contribution in [3.8, 4) is 11.5 Å². The molecule has 0 radical (unpaired) electrons. The molecule has 1 spiro atoms. The number of carboxylic acid groups (broad SMARTS) is 1. The van der Waals surface area contributed by atoms with Crippen molar-refractivity contribution < 1.29 is 56.8 Å². The summed E-state index contributed by atoms with van der Waals surface area (Å²) in [6, 6.07) is 9.53. The average Bonchev–Trinajstić information content (AvgIpc) is 3.77. The van der Waals surface area contributed by atoms with Crippen molar-refractivity contribution in [2.45, 2.75) is 83.5 Å². The van der Waals surface area contributed by atoms with E-state index in [4.69, 9.17) is 35.7 Å². The molecule has 3 aromatic rings. The quantitative estimate of drug-likeness (QED) is 0.0849. The van der Waals surface area contributed by atoms with Gasteiger partial charge >= 0.3 is 12.1 Å². The highest BCUT2D eigenvalue weighted by Gasteiger charge is 2.42. The van der Waals surface area contributed by atoms with Crippen molar-refractivity contribution in [2.24, 2.45) is 0 Å². The lowest BCUT2D eigenvalue weighted by atomic mass is 9.89. The van der Waals surface area contributed by atoms with Gasteiger partial charge in [-0.1, -0.05) is 56.6 Å². The maximum atomic E-state index is 13.3. The van der Waals surface area contributed by atoms with Gasteiger partial charge < -0.3 is 44.9 Å². The van der Waals surface area contributed by atoms with Gasteiger partial charge in [0, 0.05) is 62.1 Å². The zero-order chi connectivity index (χ0) is 46.4. The number of phenols is 1. The number of nitrogens with zero attached hydrogens (tertiary/aromatic N) is 4. The molecule has 3 amide bonds. The number of nitrogens with one attached hydrogen (secondary N) is 2. The van der Waals surface area contributed by atoms with Crippen LogP contribution in [0.15, 0.2) is 35.7 Å². The van der Waals surface area contributed by atoms with Gasteiger partial charge in [0.25, 0.3) is 11.8 Å². The molecule has 1 aromatic heterocycles. The fourth-order valence-corrected chi connectivity index (χ4v) is 8.74. The summed E-state index contributed by atoms with van der Waals surface area (Å²) in [6.45, 7) is 13.7. The van der Waals surface area contributed by atoms with E-state index in [9.17, 15) is 32.7 Å². The number of carbonyl (C=O) groups is 4. The van der Waals surface area contributed by atoms with Crippen molar-refractivity contribution in [3.63, 3.8) is 0 Å². The lowest BCUT2D eigenvalue weighted by Gasteiger charge is -2.47. The van der Waals surface area contributed by atoms with Gasteiger partial charge in [-0.25, -0.2) is 9.78 Å². The number of fused-ring (bicyclic) bond motifs is 1. The first-order valence-corrected chi connectivity index (χ1v) is 22.8. The smallest absolute Gasteiger partial charge is 0.490 e. The number of halogens is 4. The van der Waals surface area contributed by atoms with Crippen LogP contribution < -0.4 is 15.4 Å². The Hall–Kier alpha value is -4.53. The second kappa shape index (κ2) is 23.6. The fourth-order valence-electron chi connectivity index (χ4n) is 7.65. The molecule has 64 heavy (non-hydrogen) atoms. The Bertz CT molecular complexity index is 2060. The van der Waals surface area contributed by atoms with Crippen LogP contribution in [0.4, 0.5) is 18.9 Å². The highest BCUT2D eigenvalue weighted by Crippen LogP contribution is 2.39. The minimum absolute atomic E-state index is 0.000895. The van der Waals surface area contributed by atoms with E-state index in [0.29, 0.717) is 101 Å². The number of likely N-dealkylation sites (tertiary alicyclic amines) is 1. The number of aromatic nitrogens is 1. The number of phenolic OH excluding ortho intramolecular Hbond substituents is 1. The van der Waals surface area contributed by atoms with Crippen LogP contribution in [0.5, 0.6) is 11.5 Å². The van der Waals surface area contributed by atoms with E-state index >= 15 is 0 Å². The number of amides is 3. The summed E-state index contributed by atoms with van der Waals surface area (Å²) in [4.78, 5) is 57.8. The zero-order valence-corrected chi connectivity index (χ0v) is 38.0. The van der Waals surface area contributed by atoms with Gasteiger partial charge in [0.1, 0.15) is 17.1 Å². The molecule has 0 atom stereocenters. The van der Waals surface area contributed by atoms with E-state index in [0.717, 1.165) is 65.6 Å². The van der Waals surface area contributed by atoms with Crippen LogP contribution >= 0.6 is 22.9 Å². The summed E-state index contributed by atoms with van der Waals surface area (Å²) >= 11 is 8.49. The van der Waals surface area contributed by atoms with E-state index in [1.54, 1.807) is 23.5 Å². The van der Waals surface area contributed by atoms with Crippen LogP contribution in [0.3, 0.4) is 0 Å². The Balaban J connectivity index is 0.00000102. The van der Waals surface area contributed by atoms with Crippen molar-refractivity contribution >= 4 is 52.3 Å². The number of thiazole rings is 1. The Labute approximate surface area is 380 Å². The standard InChI is InChI=1S/C42H57ClN6O7S.C2HF3O2/c1-4-17-48(20-16-44-15-10-31-8-9-34(50)38-39(31)55-26-35(51)46-38)36(52)12-23-54-22-11-30-6-5-7-32(37(30)43)25-47-18-13-42(14-19-47)28-49(21-24-56-42)41(53)33-27-57-40(45-33)29(2)3;3-2(4,5)1(6)7/h5-9,27,29,44,50H,4,10-26,28H2,1-3H3,(H,46,51);(H,6,7). The SMILES string of the molecule is CCCN(CCNCCc1ccc(O)c2c1OCC(=O)N2)C(=O)CCOCCc1cccc(CN2CCC3(CC2)CN(C(=O)c2csc(C(C)C)n2)CCO3)c1Cl.O=C(O)C(F)(F)F. The Morgan fingerprint density at radius 2 is 1.80 bits per heavy atom. The van der Waals surface area contributed by atoms with Crippen LogP contribution in [0.25, 0.3) is 0 Å². The van der Waals surface area contributed by atoms with Gasteiger partial charge in [0.15, 0.2) is 12.4 Å². The molecule has 20 heteroatoms. The van der Waals surface area contributed by atoms with Crippen LogP contribution in [0.1, 0.15) is 84.6 Å². The largest absolute Gasteiger partial charge is 0.506 e. The molecule has 0 bridgehead atoms. The predicted molar refractivity (Wildman–Crippen MR) is 235 cm³/mol. The molecule has 3 aliphatic heterocycles. The minimum atomic E-state index is -5.08. The Morgan fingerprint density at radius 1 is 1.06 bits per heavy atom. The van der Waals surface area contributed by atoms with Gasteiger partial charge in [-0.05, 0) is 61.4 Å². The van der Waals surface area contributed by atoms with Gasteiger partial charge in [0.05, 0.1) is 43.4 Å². The molecule has 0 unspecified atom stereocenters. The molecule has 352 valence electrons. The van der Waals surface area contributed by atoms with Crippen molar-refractivity contribution in [1.29, 1.82) is 0 Å². The molecule has 0 aliphatic carbocycles. The summed E-state index contributed by atoms with van der Waals surface area (Å²) in [7, 11) is 0. The lowest BCUT2D eigenvalue weighted by Crippen LogP contribution is -2.58. The summed E-state index contributed by atoms with van der Waals surface area (Å²) in [5.74, 6) is -2.19. The molecule has 4 N–H and O–H groups in total. The minimum Gasteiger partial charge on any atom is -0.506 e. The predicted octanol–water partition coefficient (Wildman–Crippen LogP) is 6.12. The number of hydrogen-bond acceptors (Lipinski definition) is 12. The number of morpholine rings is 1. The normalized spacial score (nSPS) is 16.1.